The van der Waals surface area contributed by atoms with Crippen LogP contribution >= 0.6 is 11.6 Å². The summed E-state index contributed by atoms with van der Waals surface area (Å²) in [5, 5.41) is 11.1. The molecule has 1 aromatic heterocycles. The summed E-state index contributed by atoms with van der Waals surface area (Å²) in [6.07, 6.45) is 1.74. The fourth-order valence-corrected chi connectivity index (χ4v) is 3.75. The van der Waals surface area contributed by atoms with Gasteiger partial charge in [0.1, 0.15) is 29.7 Å². The monoisotopic (exact) mass is 490 g/mol. The van der Waals surface area contributed by atoms with Gasteiger partial charge in [-0.15, -0.1) is 0 Å². The highest BCUT2D eigenvalue weighted by molar-refractivity contribution is 6.30. The van der Waals surface area contributed by atoms with Crippen molar-refractivity contribution >= 4 is 28.5 Å². The van der Waals surface area contributed by atoms with Gasteiger partial charge >= 0.3 is 5.97 Å². The van der Waals surface area contributed by atoms with Crippen LogP contribution in [0.1, 0.15) is 28.4 Å². The minimum absolute atomic E-state index is 0.0333. The Bertz CT molecular complexity index is 1390. The molecule has 0 unspecified atom stereocenters. The van der Waals surface area contributed by atoms with Crippen LogP contribution in [0.5, 0.6) is 11.5 Å². The van der Waals surface area contributed by atoms with Crippen LogP contribution in [0.3, 0.4) is 0 Å². The Morgan fingerprint density at radius 1 is 1.06 bits per heavy atom. The van der Waals surface area contributed by atoms with Crippen molar-refractivity contribution in [2.24, 2.45) is 0 Å². The maximum Gasteiger partial charge on any atom is 0.341 e. The van der Waals surface area contributed by atoms with E-state index in [0.717, 1.165) is 16.5 Å². The van der Waals surface area contributed by atoms with E-state index in [2.05, 4.69) is 6.07 Å². The summed E-state index contributed by atoms with van der Waals surface area (Å²) in [5.41, 5.74) is 3.26. The van der Waals surface area contributed by atoms with Gasteiger partial charge in [0.25, 0.3) is 0 Å². The van der Waals surface area contributed by atoms with E-state index in [4.69, 9.17) is 30.5 Å². The Balaban J connectivity index is 1.71. The molecule has 0 radical (unpaired) electrons. The maximum absolute atomic E-state index is 12.4. The molecular formula is C27H23ClN2O5. The Morgan fingerprint density at radius 2 is 1.86 bits per heavy atom. The number of hydrogen-bond donors (Lipinski definition) is 0. The summed E-state index contributed by atoms with van der Waals surface area (Å²) in [4.78, 5) is 12.4. The highest BCUT2D eigenvalue weighted by Gasteiger charge is 2.17. The zero-order valence-corrected chi connectivity index (χ0v) is 20.0. The number of aromatic nitrogens is 1. The van der Waals surface area contributed by atoms with Gasteiger partial charge in [-0.2, -0.15) is 5.26 Å². The highest BCUT2D eigenvalue weighted by atomic mass is 35.5. The lowest BCUT2D eigenvalue weighted by molar-refractivity contribution is 0.0438. The Kier molecular flexibility index (Phi) is 7.56. The number of carbonyl (C=O) groups excluding carboxylic acids is 1. The average molecular weight is 491 g/mol. The molecule has 0 bridgehead atoms. The van der Waals surface area contributed by atoms with Crippen molar-refractivity contribution in [1.82, 2.24) is 4.57 Å². The average Bonchev–Trinajstić information content (AvgIpc) is 3.25. The lowest BCUT2D eigenvalue weighted by Crippen LogP contribution is -2.10. The van der Waals surface area contributed by atoms with E-state index in [1.54, 1.807) is 31.3 Å². The van der Waals surface area contributed by atoms with Gasteiger partial charge in [0, 0.05) is 41.5 Å². The molecule has 8 heteroatoms. The minimum Gasteiger partial charge on any atom is -0.489 e. The van der Waals surface area contributed by atoms with Crippen LogP contribution in [-0.2, 0) is 16.1 Å². The van der Waals surface area contributed by atoms with Gasteiger partial charge in [0.2, 0.25) is 0 Å². The van der Waals surface area contributed by atoms with Crippen LogP contribution in [0, 0.1) is 11.3 Å². The number of methoxy groups -OCH3 is 1. The fraction of sp³-hybridized carbons (Fsp3) is 0.185. The second kappa shape index (κ2) is 11.0. The third-order valence-corrected chi connectivity index (χ3v) is 5.54. The maximum atomic E-state index is 12.4. The molecule has 35 heavy (non-hydrogen) atoms. The summed E-state index contributed by atoms with van der Waals surface area (Å²) < 4.78 is 23.6. The molecule has 0 aliphatic heterocycles. The van der Waals surface area contributed by atoms with E-state index in [1.165, 1.54) is 7.11 Å². The minimum atomic E-state index is -0.488. The molecule has 7 nitrogen and oxygen atoms in total. The standard InChI is InChI=1S/C27H23ClN2O5/c1-3-33-27(31)24-10-8-21(12-26(24)35-17-32-2)30-15-19(14-29)23-11-9-22(13-25(23)30)34-16-18-4-6-20(28)7-5-18/h4-13,15H,3,16-17H2,1-2H3. The number of carbonyl (C=O) groups is 1. The second-order valence-corrected chi connectivity index (χ2v) is 8.01. The van der Waals surface area contributed by atoms with Gasteiger partial charge in [0.15, 0.2) is 6.79 Å². The van der Waals surface area contributed by atoms with Gasteiger partial charge in [-0.05, 0) is 48.9 Å². The molecule has 0 saturated heterocycles. The number of nitrogens with zero attached hydrogens (tertiary/aromatic N) is 2. The van der Waals surface area contributed by atoms with Crippen LogP contribution in [0.25, 0.3) is 16.6 Å². The summed E-state index contributed by atoms with van der Waals surface area (Å²) in [6.45, 7) is 2.33. The number of hydrogen-bond acceptors (Lipinski definition) is 6. The predicted molar refractivity (Wildman–Crippen MR) is 132 cm³/mol. The van der Waals surface area contributed by atoms with Crippen LogP contribution in [0.15, 0.2) is 66.9 Å². The summed E-state index contributed by atoms with van der Waals surface area (Å²) in [6, 6.07) is 20.4. The molecule has 0 atom stereocenters. The first-order valence-corrected chi connectivity index (χ1v) is 11.3. The first kappa shape index (κ1) is 24.1. The summed E-state index contributed by atoms with van der Waals surface area (Å²) in [7, 11) is 1.50. The number of esters is 1. The lowest BCUT2D eigenvalue weighted by atomic mass is 10.1. The zero-order chi connectivity index (χ0) is 24.8. The molecule has 0 aliphatic carbocycles. The predicted octanol–water partition coefficient (Wildman–Crippen LogP) is 5.89. The second-order valence-electron chi connectivity index (χ2n) is 7.57. The number of ether oxygens (including phenoxy) is 4. The van der Waals surface area contributed by atoms with Crippen molar-refractivity contribution in [1.29, 1.82) is 5.26 Å². The Morgan fingerprint density at radius 3 is 2.57 bits per heavy atom. The Labute approximate surface area is 208 Å². The van der Waals surface area contributed by atoms with Crippen molar-refractivity contribution in [3.63, 3.8) is 0 Å². The molecule has 178 valence electrons. The van der Waals surface area contributed by atoms with E-state index in [-0.39, 0.29) is 19.0 Å². The summed E-state index contributed by atoms with van der Waals surface area (Å²) in [5.74, 6) is 0.478. The molecule has 0 spiro atoms. The molecule has 0 saturated carbocycles. The number of rotatable bonds is 9. The molecule has 0 N–H and O–H groups in total. The van der Waals surface area contributed by atoms with E-state index in [0.29, 0.717) is 34.4 Å². The van der Waals surface area contributed by atoms with Crippen molar-refractivity contribution in [2.45, 2.75) is 13.5 Å². The smallest absolute Gasteiger partial charge is 0.341 e. The summed E-state index contributed by atoms with van der Waals surface area (Å²) >= 11 is 5.96. The third-order valence-electron chi connectivity index (χ3n) is 5.29. The first-order chi connectivity index (χ1) is 17.0. The molecular weight excluding hydrogens is 468 g/mol. The topological polar surface area (TPSA) is 82.7 Å². The molecule has 3 aromatic carbocycles. The van der Waals surface area contributed by atoms with Crippen molar-refractivity contribution in [3.05, 3.63) is 88.6 Å². The van der Waals surface area contributed by atoms with Gasteiger partial charge in [-0.1, -0.05) is 23.7 Å². The number of benzene rings is 3. The van der Waals surface area contributed by atoms with Crippen LogP contribution < -0.4 is 9.47 Å². The largest absolute Gasteiger partial charge is 0.489 e. The van der Waals surface area contributed by atoms with E-state index >= 15 is 0 Å². The third kappa shape index (κ3) is 5.40. The van der Waals surface area contributed by atoms with Crippen LogP contribution in [0.4, 0.5) is 0 Å². The Hall–Kier alpha value is -3.99. The van der Waals surface area contributed by atoms with Gasteiger partial charge in [0.05, 0.1) is 17.7 Å². The van der Waals surface area contributed by atoms with Gasteiger partial charge in [-0.25, -0.2) is 4.79 Å². The molecule has 1 heterocycles. The molecule has 0 fully saturated rings. The molecule has 0 amide bonds. The van der Waals surface area contributed by atoms with E-state index in [1.807, 2.05) is 47.0 Å². The molecule has 0 aliphatic rings. The molecule has 4 rings (SSSR count). The highest BCUT2D eigenvalue weighted by Crippen LogP contribution is 2.31. The number of fused-ring (bicyclic) bond motifs is 1. The van der Waals surface area contributed by atoms with Gasteiger partial charge in [-0.3, -0.25) is 0 Å². The lowest BCUT2D eigenvalue weighted by Gasteiger charge is -2.13. The molecule has 4 aromatic rings. The normalized spacial score (nSPS) is 10.7. The van der Waals surface area contributed by atoms with Crippen molar-refractivity contribution in [2.75, 3.05) is 20.5 Å². The van der Waals surface area contributed by atoms with Crippen molar-refractivity contribution < 1.29 is 23.7 Å². The first-order valence-electron chi connectivity index (χ1n) is 10.9. The van der Waals surface area contributed by atoms with Crippen molar-refractivity contribution in [3.8, 4) is 23.3 Å². The van der Waals surface area contributed by atoms with Crippen LogP contribution in [-0.4, -0.2) is 31.0 Å². The van der Waals surface area contributed by atoms with E-state index < -0.39 is 5.97 Å². The number of halogens is 1. The van der Waals surface area contributed by atoms with Gasteiger partial charge < -0.3 is 23.5 Å². The van der Waals surface area contributed by atoms with Crippen LogP contribution in [0.2, 0.25) is 5.02 Å². The van der Waals surface area contributed by atoms with E-state index in [9.17, 15) is 10.1 Å². The SMILES string of the molecule is CCOC(=O)c1ccc(-n2cc(C#N)c3ccc(OCc4ccc(Cl)cc4)cc32)cc1OCOC. The number of nitriles is 1. The zero-order valence-electron chi connectivity index (χ0n) is 19.3. The quantitative estimate of drug-likeness (QED) is 0.215. The fourth-order valence-electron chi connectivity index (χ4n) is 3.63.